The van der Waals surface area contributed by atoms with E-state index >= 15 is 0 Å². The molecule has 0 amide bonds. The van der Waals surface area contributed by atoms with E-state index in [-0.39, 0.29) is 6.10 Å². The number of hydrogen-bond acceptors (Lipinski definition) is 1. The summed E-state index contributed by atoms with van der Waals surface area (Å²) >= 11 is 2.42. The average molecular weight is 330 g/mol. The summed E-state index contributed by atoms with van der Waals surface area (Å²) in [5.74, 6) is 0.814. The highest BCUT2D eigenvalue weighted by Crippen LogP contribution is 2.37. The first kappa shape index (κ1) is 12.4. The van der Waals surface area contributed by atoms with Gasteiger partial charge in [0.15, 0.2) is 0 Å². The van der Waals surface area contributed by atoms with Gasteiger partial charge in [-0.25, -0.2) is 0 Å². The molecule has 16 heavy (non-hydrogen) atoms. The lowest BCUT2D eigenvalue weighted by atomic mass is 10.0. The van der Waals surface area contributed by atoms with Crippen molar-refractivity contribution in [1.82, 2.24) is 0 Å². The van der Waals surface area contributed by atoms with Crippen LogP contribution in [-0.4, -0.2) is 10.5 Å². The topological polar surface area (TPSA) is 9.23 Å². The van der Waals surface area contributed by atoms with E-state index in [4.69, 9.17) is 4.74 Å². The SMILES string of the molecule is Cc1ccccc1C(CI)OC(C)C1CC1. The molecular formula is C14H19IO. The zero-order valence-corrected chi connectivity index (χ0v) is 12.1. The second kappa shape index (κ2) is 5.50. The van der Waals surface area contributed by atoms with E-state index in [0.29, 0.717) is 6.10 Å². The molecule has 1 nitrogen and oxygen atoms in total. The van der Waals surface area contributed by atoms with E-state index in [1.54, 1.807) is 0 Å². The van der Waals surface area contributed by atoms with Crippen LogP contribution in [0.2, 0.25) is 0 Å². The van der Waals surface area contributed by atoms with Gasteiger partial charge in [0.1, 0.15) is 0 Å². The maximum Gasteiger partial charge on any atom is 0.0920 e. The summed E-state index contributed by atoms with van der Waals surface area (Å²) in [6, 6.07) is 8.55. The number of ether oxygens (including phenoxy) is 1. The minimum atomic E-state index is 0.261. The Hall–Kier alpha value is -0.0900. The van der Waals surface area contributed by atoms with Crippen LogP contribution in [0.15, 0.2) is 24.3 Å². The predicted octanol–water partition coefficient (Wildman–Crippen LogP) is 4.29. The minimum absolute atomic E-state index is 0.261. The van der Waals surface area contributed by atoms with Crippen LogP contribution in [0.5, 0.6) is 0 Å². The standard InChI is InChI=1S/C14H19IO/c1-10-5-3-4-6-13(10)14(9-15)16-11(2)12-7-8-12/h3-6,11-12,14H,7-9H2,1-2H3. The van der Waals surface area contributed by atoms with Gasteiger partial charge < -0.3 is 4.74 Å². The smallest absolute Gasteiger partial charge is 0.0920 e. The van der Waals surface area contributed by atoms with Crippen LogP contribution in [-0.2, 0) is 4.74 Å². The summed E-state index contributed by atoms with van der Waals surface area (Å²) < 4.78 is 7.21. The van der Waals surface area contributed by atoms with Crippen LogP contribution in [0.4, 0.5) is 0 Å². The Morgan fingerprint density at radius 1 is 1.38 bits per heavy atom. The van der Waals surface area contributed by atoms with Gasteiger partial charge in [0.25, 0.3) is 0 Å². The normalized spacial score (nSPS) is 19.4. The zero-order chi connectivity index (χ0) is 11.5. The second-order valence-corrected chi connectivity index (χ2v) is 5.56. The molecule has 0 spiro atoms. The number of halogens is 1. The summed E-state index contributed by atoms with van der Waals surface area (Å²) in [5, 5.41) is 0. The van der Waals surface area contributed by atoms with Crippen molar-refractivity contribution in [2.24, 2.45) is 5.92 Å². The van der Waals surface area contributed by atoms with Gasteiger partial charge in [-0.15, -0.1) is 0 Å². The van der Waals surface area contributed by atoms with E-state index in [0.717, 1.165) is 10.3 Å². The predicted molar refractivity (Wildman–Crippen MR) is 76.1 cm³/mol. The highest BCUT2D eigenvalue weighted by molar-refractivity contribution is 14.1. The molecule has 2 unspecified atom stereocenters. The van der Waals surface area contributed by atoms with E-state index in [1.165, 1.54) is 24.0 Å². The third-order valence-electron chi connectivity index (χ3n) is 3.34. The maximum absolute atomic E-state index is 6.18. The highest BCUT2D eigenvalue weighted by atomic mass is 127. The molecule has 0 saturated heterocycles. The number of benzene rings is 1. The molecule has 1 aromatic carbocycles. The summed E-state index contributed by atoms with van der Waals surface area (Å²) in [4.78, 5) is 0. The Labute approximate surface area is 112 Å². The molecular weight excluding hydrogens is 311 g/mol. The van der Waals surface area contributed by atoms with E-state index < -0.39 is 0 Å². The lowest BCUT2D eigenvalue weighted by Crippen LogP contribution is -2.17. The molecule has 88 valence electrons. The Morgan fingerprint density at radius 2 is 2.06 bits per heavy atom. The molecule has 0 aromatic heterocycles. The Bertz CT molecular complexity index is 346. The van der Waals surface area contributed by atoms with Gasteiger partial charge in [-0.05, 0) is 43.7 Å². The molecule has 2 rings (SSSR count). The van der Waals surface area contributed by atoms with Crippen LogP contribution in [0.3, 0.4) is 0 Å². The fraction of sp³-hybridized carbons (Fsp3) is 0.571. The summed E-state index contributed by atoms with van der Waals surface area (Å²) in [7, 11) is 0. The number of rotatable bonds is 5. The fourth-order valence-corrected chi connectivity index (χ4v) is 2.76. The minimum Gasteiger partial charge on any atom is -0.369 e. The average Bonchev–Trinajstić information content (AvgIpc) is 3.10. The third kappa shape index (κ3) is 2.98. The number of aryl methyl sites for hydroxylation is 1. The Kier molecular flexibility index (Phi) is 4.25. The summed E-state index contributed by atoms with van der Waals surface area (Å²) in [6.45, 7) is 4.38. The van der Waals surface area contributed by atoms with Crippen LogP contribution in [0, 0.1) is 12.8 Å². The van der Waals surface area contributed by atoms with Crippen molar-refractivity contribution in [3.05, 3.63) is 35.4 Å². The number of hydrogen-bond donors (Lipinski definition) is 0. The molecule has 1 aromatic rings. The van der Waals surface area contributed by atoms with Gasteiger partial charge in [-0.2, -0.15) is 0 Å². The maximum atomic E-state index is 6.18. The molecule has 2 atom stereocenters. The lowest BCUT2D eigenvalue weighted by Gasteiger charge is -2.22. The van der Waals surface area contributed by atoms with Crippen molar-refractivity contribution in [2.45, 2.75) is 38.9 Å². The first-order valence-electron chi connectivity index (χ1n) is 5.99. The van der Waals surface area contributed by atoms with Gasteiger partial charge >= 0.3 is 0 Å². The third-order valence-corrected chi connectivity index (χ3v) is 4.14. The molecule has 1 aliphatic rings. The molecule has 0 bridgehead atoms. The molecule has 1 fully saturated rings. The molecule has 0 aliphatic heterocycles. The zero-order valence-electron chi connectivity index (χ0n) is 9.95. The van der Waals surface area contributed by atoms with Gasteiger partial charge in [0.05, 0.1) is 12.2 Å². The van der Waals surface area contributed by atoms with Crippen molar-refractivity contribution in [2.75, 3.05) is 4.43 Å². The van der Waals surface area contributed by atoms with Gasteiger partial charge in [-0.3, -0.25) is 0 Å². The summed E-state index contributed by atoms with van der Waals surface area (Å²) in [5.41, 5.74) is 2.69. The van der Waals surface area contributed by atoms with Crippen molar-refractivity contribution in [3.8, 4) is 0 Å². The first-order chi connectivity index (χ1) is 7.72. The molecule has 0 heterocycles. The molecule has 2 heteroatoms. The number of alkyl halides is 1. The van der Waals surface area contributed by atoms with E-state index in [1.807, 2.05) is 0 Å². The Morgan fingerprint density at radius 3 is 2.62 bits per heavy atom. The fourth-order valence-electron chi connectivity index (χ4n) is 2.08. The lowest BCUT2D eigenvalue weighted by molar-refractivity contribution is -0.000904. The first-order valence-corrected chi connectivity index (χ1v) is 7.52. The van der Waals surface area contributed by atoms with Crippen LogP contribution >= 0.6 is 22.6 Å². The van der Waals surface area contributed by atoms with Gasteiger partial charge in [0.2, 0.25) is 0 Å². The van der Waals surface area contributed by atoms with Crippen molar-refractivity contribution >= 4 is 22.6 Å². The second-order valence-electron chi connectivity index (χ2n) is 4.68. The van der Waals surface area contributed by atoms with Gasteiger partial charge in [0, 0.05) is 4.43 Å². The van der Waals surface area contributed by atoms with Gasteiger partial charge in [-0.1, -0.05) is 46.9 Å². The molecule has 0 N–H and O–H groups in total. The monoisotopic (exact) mass is 330 g/mol. The quantitative estimate of drug-likeness (QED) is 0.578. The Balaban J connectivity index is 2.06. The van der Waals surface area contributed by atoms with E-state index in [2.05, 4.69) is 60.7 Å². The van der Waals surface area contributed by atoms with Crippen molar-refractivity contribution < 1.29 is 4.74 Å². The summed E-state index contributed by atoms with van der Waals surface area (Å²) in [6.07, 6.45) is 3.38. The molecule has 1 aliphatic carbocycles. The van der Waals surface area contributed by atoms with Crippen molar-refractivity contribution in [3.63, 3.8) is 0 Å². The molecule has 1 saturated carbocycles. The van der Waals surface area contributed by atoms with Crippen molar-refractivity contribution in [1.29, 1.82) is 0 Å². The van der Waals surface area contributed by atoms with E-state index in [9.17, 15) is 0 Å². The largest absolute Gasteiger partial charge is 0.369 e. The van der Waals surface area contributed by atoms with Crippen LogP contribution in [0.25, 0.3) is 0 Å². The molecule has 0 radical (unpaired) electrons. The van der Waals surface area contributed by atoms with Crippen LogP contribution < -0.4 is 0 Å². The highest BCUT2D eigenvalue weighted by Gasteiger charge is 2.30. The van der Waals surface area contributed by atoms with Crippen LogP contribution in [0.1, 0.15) is 37.0 Å².